The van der Waals surface area contributed by atoms with Gasteiger partial charge in [-0.15, -0.1) is 0 Å². The minimum atomic E-state index is -1.27. The fraction of sp³-hybridized carbons (Fsp3) is 0.250. The molecule has 2 rings (SSSR count). The number of carbonyl (C=O) groups excluding carboxylic acids is 1. The molecule has 0 aliphatic heterocycles. The first-order valence-corrected chi connectivity index (χ1v) is 7.47. The Morgan fingerprint density at radius 2 is 2.05 bits per heavy atom. The summed E-state index contributed by atoms with van der Waals surface area (Å²) in [4.78, 5) is 16.2. The maximum absolute atomic E-state index is 13.0. The molecular formula is C16H16BrFN2O2. The maximum atomic E-state index is 13.0. The second kappa shape index (κ2) is 6.54. The van der Waals surface area contributed by atoms with Gasteiger partial charge >= 0.3 is 0 Å². The summed E-state index contributed by atoms with van der Waals surface area (Å²) in [6.45, 7) is 1.61. The molecule has 1 unspecified atom stereocenters. The van der Waals surface area contributed by atoms with Crippen molar-refractivity contribution in [2.24, 2.45) is 0 Å². The fourth-order valence-corrected chi connectivity index (χ4v) is 2.51. The predicted octanol–water partition coefficient (Wildman–Crippen LogP) is 2.79. The number of nitrogens with zero attached hydrogens (tertiary/aromatic N) is 1. The monoisotopic (exact) mass is 366 g/mol. The Morgan fingerprint density at radius 1 is 1.41 bits per heavy atom. The summed E-state index contributed by atoms with van der Waals surface area (Å²) in [5.41, 5.74) is 0.148. The van der Waals surface area contributed by atoms with Crippen LogP contribution >= 0.6 is 15.9 Å². The number of halogens is 2. The Bertz CT molecular complexity index is 687. The van der Waals surface area contributed by atoms with E-state index in [0.717, 1.165) is 0 Å². The lowest BCUT2D eigenvalue weighted by atomic mass is 9.89. The smallest absolute Gasteiger partial charge is 0.252 e. The third-order valence-electron chi connectivity index (χ3n) is 3.39. The molecule has 0 aliphatic rings. The molecule has 0 radical (unpaired) electrons. The van der Waals surface area contributed by atoms with Gasteiger partial charge in [-0.05, 0) is 46.6 Å². The van der Waals surface area contributed by atoms with Crippen LogP contribution in [0.15, 0.2) is 41.0 Å². The average molecular weight is 367 g/mol. The van der Waals surface area contributed by atoms with Gasteiger partial charge in [0, 0.05) is 24.1 Å². The summed E-state index contributed by atoms with van der Waals surface area (Å²) in [5, 5.41) is 13.2. The molecule has 22 heavy (non-hydrogen) atoms. The van der Waals surface area contributed by atoms with Crippen molar-refractivity contribution in [1.82, 2.24) is 10.3 Å². The average Bonchev–Trinajstić information content (AvgIpc) is 2.48. The van der Waals surface area contributed by atoms with Gasteiger partial charge < -0.3 is 10.4 Å². The third kappa shape index (κ3) is 3.69. The van der Waals surface area contributed by atoms with E-state index in [1.165, 1.54) is 31.3 Å². The van der Waals surface area contributed by atoms with Gasteiger partial charge in [-0.2, -0.15) is 0 Å². The van der Waals surface area contributed by atoms with Crippen molar-refractivity contribution in [2.75, 3.05) is 7.05 Å². The molecule has 116 valence electrons. The summed E-state index contributed by atoms with van der Waals surface area (Å²) >= 11 is 3.28. The number of amides is 1. The maximum Gasteiger partial charge on any atom is 0.252 e. The number of aliphatic hydroxyl groups is 1. The van der Waals surface area contributed by atoms with Crippen LogP contribution in [0.3, 0.4) is 0 Å². The van der Waals surface area contributed by atoms with E-state index < -0.39 is 5.60 Å². The topological polar surface area (TPSA) is 62.2 Å². The van der Waals surface area contributed by atoms with E-state index in [1.807, 2.05) is 0 Å². The van der Waals surface area contributed by atoms with Crippen molar-refractivity contribution in [3.63, 3.8) is 0 Å². The lowest BCUT2D eigenvalue weighted by Crippen LogP contribution is -2.28. The minimum absolute atomic E-state index is 0.134. The summed E-state index contributed by atoms with van der Waals surface area (Å²) in [7, 11) is 1.53. The van der Waals surface area contributed by atoms with Crippen molar-refractivity contribution >= 4 is 21.8 Å². The Balaban J connectivity index is 2.36. The Labute approximate surface area is 136 Å². The van der Waals surface area contributed by atoms with Gasteiger partial charge in [-0.25, -0.2) is 4.39 Å². The largest absolute Gasteiger partial charge is 0.385 e. The van der Waals surface area contributed by atoms with E-state index in [9.17, 15) is 14.3 Å². The van der Waals surface area contributed by atoms with Crippen LogP contribution < -0.4 is 5.32 Å². The highest BCUT2D eigenvalue weighted by molar-refractivity contribution is 9.10. The molecule has 2 N–H and O–H groups in total. The number of hydrogen-bond donors (Lipinski definition) is 2. The quantitative estimate of drug-likeness (QED) is 0.874. The molecule has 1 amide bonds. The van der Waals surface area contributed by atoms with Crippen LogP contribution in [-0.4, -0.2) is 23.0 Å². The van der Waals surface area contributed by atoms with Gasteiger partial charge in [0.25, 0.3) is 5.91 Å². The summed E-state index contributed by atoms with van der Waals surface area (Å²) < 4.78 is 13.7. The summed E-state index contributed by atoms with van der Waals surface area (Å²) in [6, 6.07) is 7.28. The number of benzene rings is 1. The molecular weight excluding hydrogens is 351 g/mol. The highest BCUT2D eigenvalue weighted by Gasteiger charge is 2.27. The molecule has 2 aromatic rings. The number of nitrogens with one attached hydrogen (secondary N) is 1. The molecule has 1 heterocycles. The Morgan fingerprint density at radius 3 is 2.64 bits per heavy atom. The lowest BCUT2D eigenvalue weighted by molar-refractivity contribution is 0.0562. The molecule has 0 saturated carbocycles. The molecule has 1 aromatic carbocycles. The molecule has 1 atom stereocenters. The molecule has 0 saturated heterocycles. The van der Waals surface area contributed by atoms with E-state index in [1.54, 1.807) is 19.2 Å². The van der Waals surface area contributed by atoms with Crippen LogP contribution in [-0.2, 0) is 12.0 Å². The molecule has 0 bridgehead atoms. The van der Waals surface area contributed by atoms with E-state index in [0.29, 0.717) is 21.3 Å². The van der Waals surface area contributed by atoms with Crippen molar-refractivity contribution in [3.05, 3.63) is 63.6 Å². The molecule has 6 heteroatoms. The van der Waals surface area contributed by atoms with Crippen LogP contribution in [0.25, 0.3) is 0 Å². The van der Waals surface area contributed by atoms with E-state index in [-0.39, 0.29) is 18.1 Å². The van der Waals surface area contributed by atoms with E-state index in [2.05, 4.69) is 26.2 Å². The van der Waals surface area contributed by atoms with Crippen LogP contribution in [0.5, 0.6) is 0 Å². The zero-order chi connectivity index (χ0) is 16.3. The normalized spacial score (nSPS) is 13.5. The van der Waals surface area contributed by atoms with Crippen molar-refractivity contribution in [2.45, 2.75) is 18.9 Å². The van der Waals surface area contributed by atoms with Crippen molar-refractivity contribution in [3.8, 4) is 0 Å². The van der Waals surface area contributed by atoms with Gasteiger partial charge in [0.2, 0.25) is 0 Å². The first kappa shape index (κ1) is 16.6. The van der Waals surface area contributed by atoms with E-state index >= 15 is 0 Å². The lowest BCUT2D eigenvalue weighted by Gasteiger charge is -2.24. The molecule has 0 spiro atoms. The molecule has 0 fully saturated rings. The van der Waals surface area contributed by atoms with Gasteiger partial charge in [0.05, 0.1) is 16.9 Å². The zero-order valence-electron chi connectivity index (χ0n) is 12.2. The molecule has 0 aliphatic carbocycles. The summed E-state index contributed by atoms with van der Waals surface area (Å²) in [5.74, 6) is -0.647. The standard InChI is InChI=1S/C16H16BrFN2O2/c1-16(22,10-3-5-12(18)6-4-10)8-14-13(15(21)19-2)7-11(17)9-20-14/h3-7,9,22H,8H2,1-2H3,(H,19,21). The Hall–Kier alpha value is -1.79. The second-order valence-electron chi connectivity index (χ2n) is 5.18. The van der Waals surface area contributed by atoms with Gasteiger partial charge in [-0.1, -0.05) is 12.1 Å². The minimum Gasteiger partial charge on any atom is -0.385 e. The third-order valence-corrected chi connectivity index (χ3v) is 3.82. The summed E-state index contributed by atoms with van der Waals surface area (Å²) in [6.07, 6.45) is 1.71. The number of rotatable bonds is 4. The zero-order valence-corrected chi connectivity index (χ0v) is 13.8. The van der Waals surface area contributed by atoms with Crippen molar-refractivity contribution in [1.29, 1.82) is 0 Å². The first-order chi connectivity index (χ1) is 10.3. The highest BCUT2D eigenvalue weighted by atomic mass is 79.9. The predicted molar refractivity (Wildman–Crippen MR) is 85.0 cm³/mol. The fourth-order valence-electron chi connectivity index (χ4n) is 2.18. The number of pyridine rings is 1. The number of aromatic nitrogens is 1. The number of carbonyl (C=O) groups is 1. The van der Waals surface area contributed by atoms with E-state index in [4.69, 9.17) is 0 Å². The van der Waals surface area contributed by atoms with Crippen molar-refractivity contribution < 1.29 is 14.3 Å². The van der Waals surface area contributed by atoms with Crippen LogP contribution in [0.2, 0.25) is 0 Å². The first-order valence-electron chi connectivity index (χ1n) is 6.68. The molecule has 1 aromatic heterocycles. The van der Waals surface area contributed by atoms with Crippen LogP contribution in [0.4, 0.5) is 4.39 Å². The highest BCUT2D eigenvalue weighted by Crippen LogP contribution is 2.27. The van der Waals surface area contributed by atoms with Crippen LogP contribution in [0, 0.1) is 5.82 Å². The van der Waals surface area contributed by atoms with Crippen LogP contribution in [0.1, 0.15) is 28.5 Å². The number of hydrogen-bond acceptors (Lipinski definition) is 3. The second-order valence-corrected chi connectivity index (χ2v) is 6.10. The Kier molecular flexibility index (Phi) is 4.93. The molecule has 4 nitrogen and oxygen atoms in total. The van der Waals surface area contributed by atoms with Gasteiger partial charge in [-0.3, -0.25) is 9.78 Å². The van der Waals surface area contributed by atoms with Gasteiger partial charge in [0.15, 0.2) is 0 Å². The SMILES string of the molecule is CNC(=O)c1cc(Br)cnc1CC(C)(O)c1ccc(F)cc1. The van der Waals surface area contributed by atoms with Gasteiger partial charge in [0.1, 0.15) is 5.82 Å².